The van der Waals surface area contributed by atoms with Crippen LogP contribution >= 0.6 is 38.5 Å². The molecule has 1 N–H and O–H groups in total. The first kappa shape index (κ1) is 16.0. The molecule has 0 bridgehead atoms. The lowest BCUT2D eigenvalue weighted by Gasteiger charge is -2.14. The third-order valence-electron chi connectivity index (χ3n) is 2.79. The van der Waals surface area contributed by atoms with E-state index in [4.69, 9.17) is 0 Å². The number of rotatable bonds is 6. The molecule has 0 aliphatic rings. The van der Waals surface area contributed by atoms with E-state index in [1.165, 1.54) is 19.3 Å². The molecule has 2 nitrogen and oxygen atoms in total. The van der Waals surface area contributed by atoms with Crippen LogP contribution in [0.2, 0.25) is 0 Å². The Morgan fingerprint density at radius 2 is 2.17 bits per heavy atom. The van der Waals surface area contributed by atoms with Crippen LogP contribution in [0.5, 0.6) is 0 Å². The van der Waals surface area contributed by atoms with Crippen molar-refractivity contribution in [2.45, 2.75) is 45.6 Å². The second kappa shape index (κ2) is 8.15. The summed E-state index contributed by atoms with van der Waals surface area (Å²) in [7, 11) is 0. The molecule has 1 rings (SSSR count). The van der Waals surface area contributed by atoms with Crippen LogP contribution in [0, 0.1) is 3.57 Å². The van der Waals surface area contributed by atoms with Gasteiger partial charge in [0, 0.05) is 14.1 Å². The molecule has 0 fully saturated rings. The maximum Gasteiger partial charge on any atom is 0.252 e. The smallest absolute Gasteiger partial charge is 0.252 e. The average Bonchev–Trinajstić information content (AvgIpc) is 2.32. The molecule has 0 radical (unpaired) electrons. The maximum atomic E-state index is 12.1. The summed E-state index contributed by atoms with van der Waals surface area (Å²) in [5, 5.41) is 3.05. The highest BCUT2D eigenvalue weighted by Crippen LogP contribution is 2.19. The Bertz CT molecular complexity index is 409. The van der Waals surface area contributed by atoms with Gasteiger partial charge >= 0.3 is 0 Å². The van der Waals surface area contributed by atoms with E-state index in [2.05, 4.69) is 57.7 Å². The number of nitrogens with one attached hydrogen (secondary N) is 1. The normalized spacial score (nSPS) is 12.2. The molecular formula is C14H19BrINO. The molecule has 0 spiro atoms. The second-order valence-electron chi connectivity index (χ2n) is 4.49. The fraction of sp³-hybridized carbons (Fsp3) is 0.500. The lowest BCUT2D eigenvalue weighted by atomic mass is 10.1. The number of benzene rings is 1. The second-order valence-corrected chi connectivity index (χ2v) is 6.59. The predicted octanol–water partition coefficient (Wildman–Crippen LogP) is 4.75. The van der Waals surface area contributed by atoms with Crippen LogP contribution in [0.4, 0.5) is 0 Å². The summed E-state index contributed by atoms with van der Waals surface area (Å²) < 4.78 is 1.92. The van der Waals surface area contributed by atoms with E-state index < -0.39 is 0 Å². The van der Waals surface area contributed by atoms with Gasteiger partial charge in [-0.3, -0.25) is 4.79 Å². The van der Waals surface area contributed by atoms with Crippen LogP contribution in [0.25, 0.3) is 0 Å². The quantitative estimate of drug-likeness (QED) is 0.519. The molecule has 0 aliphatic carbocycles. The number of hydrogen-bond acceptors (Lipinski definition) is 1. The van der Waals surface area contributed by atoms with Gasteiger partial charge in [0.2, 0.25) is 0 Å². The van der Waals surface area contributed by atoms with Crippen LogP contribution < -0.4 is 5.32 Å². The van der Waals surface area contributed by atoms with Crippen molar-refractivity contribution in [3.63, 3.8) is 0 Å². The van der Waals surface area contributed by atoms with Crippen molar-refractivity contribution >= 4 is 44.4 Å². The zero-order chi connectivity index (χ0) is 13.5. The minimum absolute atomic E-state index is 0.00406. The largest absolute Gasteiger partial charge is 0.350 e. The molecule has 1 amide bonds. The van der Waals surface area contributed by atoms with E-state index in [-0.39, 0.29) is 11.9 Å². The highest BCUT2D eigenvalue weighted by Gasteiger charge is 2.12. The van der Waals surface area contributed by atoms with Crippen molar-refractivity contribution in [3.8, 4) is 0 Å². The number of hydrogen-bond donors (Lipinski definition) is 1. The average molecular weight is 424 g/mol. The number of carbonyl (C=O) groups excluding carboxylic acids is 1. The Labute approximate surface area is 131 Å². The van der Waals surface area contributed by atoms with Gasteiger partial charge in [0.15, 0.2) is 0 Å². The Balaban J connectivity index is 2.56. The summed E-state index contributed by atoms with van der Waals surface area (Å²) in [6.07, 6.45) is 4.66. The van der Waals surface area contributed by atoms with Crippen LogP contribution in [0.15, 0.2) is 22.7 Å². The fourth-order valence-corrected chi connectivity index (χ4v) is 2.66. The molecule has 1 atom stereocenters. The number of carbonyl (C=O) groups is 1. The first-order valence-electron chi connectivity index (χ1n) is 6.30. The lowest BCUT2D eigenvalue weighted by molar-refractivity contribution is 0.0937. The number of amides is 1. The summed E-state index contributed by atoms with van der Waals surface area (Å²) in [5.74, 6) is 0.00406. The first-order chi connectivity index (χ1) is 8.54. The Morgan fingerprint density at radius 1 is 1.44 bits per heavy atom. The van der Waals surface area contributed by atoms with Gasteiger partial charge in [0.05, 0.1) is 5.56 Å². The Kier molecular flexibility index (Phi) is 7.22. The predicted molar refractivity (Wildman–Crippen MR) is 87.9 cm³/mol. The molecule has 4 heteroatoms. The molecule has 0 aromatic heterocycles. The molecule has 0 saturated carbocycles. The third kappa shape index (κ3) is 5.26. The summed E-state index contributed by atoms with van der Waals surface area (Å²) in [6, 6.07) is 6.03. The number of unbranched alkanes of at least 4 members (excludes halogenated alkanes) is 2. The molecule has 100 valence electrons. The maximum absolute atomic E-state index is 12.1. The molecule has 1 aromatic rings. The van der Waals surface area contributed by atoms with Crippen molar-refractivity contribution in [1.29, 1.82) is 0 Å². The Morgan fingerprint density at radius 3 is 2.83 bits per heavy atom. The van der Waals surface area contributed by atoms with Gasteiger partial charge < -0.3 is 5.32 Å². The molecule has 18 heavy (non-hydrogen) atoms. The van der Waals surface area contributed by atoms with E-state index in [0.717, 1.165) is 14.5 Å². The first-order valence-corrected chi connectivity index (χ1v) is 8.17. The van der Waals surface area contributed by atoms with E-state index in [9.17, 15) is 4.79 Å². The van der Waals surface area contributed by atoms with Crippen molar-refractivity contribution in [1.82, 2.24) is 5.32 Å². The molecular weight excluding hydrogens is 405 g/mol. The van der Waals surface area contributed by atoms with Gasteiger partial charge in [-0.1, -0.05) is 26.2 Å². The standard InChI is InChI=1S/C14H19BrINO/c1-3-4-5-6-10(2)17-14(18)12-9-11(16)7-8-13(12)15/h7-10H,3-6H2,1-2H3,(H,17,18). The lowest BCUT2D eigenvalue weighted by Crippen LogP contribution is -2.32. The molecule has 0 heterocycles. The van der Waals surface area contributed by atoms with Gasteiger partial charge in [-0.25, -0.2) is 0 Å². The zero-order valence-corrected chi connectivity index (χ0v) is 14.5. The summed E-state index contributed by atoms with van der Waals surface area (Å²) in [6.45, 7) is 4.25. The van der Waals surface area contributed by atoms with Crippen LogP contribution in [0.1, 0.15) is 49.9 Å². The van der Waals surface area contributed by atoms with Gasteiger partial charge in [-0.15, -0.1) is 0 Å². The molecule has 0 aliphatic heterocycles. The SMILES string of the molecule is CCCCCC(C)NC(=O)c1cc(I)ccc1Br. The van der Waals surface area contributed by atoms with Crippen LogP contribution in [0.3, 0.4) is 0 Å². The summed E-state index contributed by atoms with van der Waals surface area (Å²) in [4.78, 5) is 12.1. The minimum atomic E-state index is 0.00406. The van der Waals surface area contributed by atoms with Crippen molar-refractivity contribution in [2.24, 2.45) is 0 Å². The monoisotopic (exact) mass is 423 g/mol. The van der Waals surface area contributed by atoms with Crippen LogP contribution in [-0.2, 0) is 0 Å². The van der Waals surface area contributed by atoms with E-state index in [0.29, 0.717) is 5.56 Å². The van der Waals surface area contributed by atoms with E-state index >= 15 is 0 Å². The van der Waals surface area contributed by atoms with Crippen molar-refractivity contribution < 1.29 is 4.79 Å². The van der Waals surface area contributed by atoms with Gasteiger partial charge in [-0.2, -0.15) is 0 Å². The highest BCUT2D eigenvalue weighted by atomic mass is 127. The summed E-state index contributed by atoms with van der Waals surface area (Å²) in [5.41, 5.74) is 0.712. The van der Waals surface area contributed by atoms with Crippen molar-refractivity contribution in [3.05, 3.63) is 31.8 Å². The van der Waals surface area contributed by atoms with E-state index in [1.807, 2.05) is 18.2 Å². The highest BCUT2D eigenvalue weighted by molar-refractivity contribution is 14.1. The molecule has 1 aromatic carbocycles. The van der Waals surface area contributed by atoms with Crippen LogP contribution in [-0.4, -0.2) is 11.9 Å². The molecule has 1 unspecified atom stereocenters. The van der Waals surface area contributed by atoms with Gasteiger partial charge in [0.1, 0.15) is 0 Å². The van der Waals surface area contributed by atoms with Gasteiger partial charge in [-0.05, 0) is 70.1 Å². The van der Waals surface area contributed by atoms with Crippen molar-refractivity contribution in [2.75, 3.05) is 0 Å². The summed E-state index contributed by atoms with van der Waals surface area (Å²) >= 11 is 5.64. The number of halogens is 2. The third-order valence-corrected chi connectivity index (χ3v) is 4.15. The Hall–Kier alpha value is -0.100. The topological polar surface area (TPSA) is 29.1 Å². The molecule has 0 saturated heterocycles. The zero-order valence-electron chi connectivity index (χ0n) is 10.8. The van der Waals surface area contributed by atoms with Gasteiger partial charge in [0.25, 0.3) is 5.91 Å². The minimum Gasteiger partial charge on any atom is -0.350 e. The fourth-order valence-electron chi connectivity index (χ4n) is 1.75. The van der Waals surface area contributed by atoms with E-state index in [1.54, 1.807) is 0 Å².